The Bertz CT molecular complexity index is 434. The Morgan fingerprint density at radius 2 is 1.89 bits per heavy atom. The van der Waals surface area contributed by atoms with Crippen LogP contribution in [0, 0.1) is 12.8 Å². The van der Waals surface area contributed by atoms with Crippen LogP contribution in [0.5, 0.6) is 0 Å². The quantitative estimate of drug-likeness (QED) is 0.826. The molecule has 3 heteroatoms. The van der Waals surface area contributed by atoms with Gasteiger partial charge in [0.15, 0.2) is 0 Å². The number of hydrogen-bond acceptors (Lipinski definition) is 3. The number of aromatic nitrogens is 2. The number of rotatable bonds is 1. The first-order chi connectivity index (χ1) is 8.74. The summed E-state index contributed by atoms with van der Waals surface area (Å²) < 4.78 is 0. The van der Waals surface area contributed by atoms with Crippen LogP contribution in [-0.2, 0) is 13.0 Å². The third kappa shape index (κ3) is 2.28. The van der Waals surface area contributed by atoms with E-state index in [0.717, 1.165) is 31.3 Å². The molecule has 0 unspecified atom stereocenters. The van der Waals surface area contributed by atoms with Crippen LogP contribution >= 0.6 is 0 Å². The minimum absolute atomic E-state index is 0.604. The Balaban J connectivity index is 1.86. The highest BCUT2D eigenvalue weighted by Gasteiger charge is 2.24. The highest BCUT2D eigenvalue weighted by molar-refractivity contribution is 5.28. The molecule has 1 saturated carbocycles. The third-order valence-corrected chi connectivity index (χ3v) is 4.54. The summed E-state index contributed by atoms with van der Waals surface area (Å²) in [6.07, 6.45) is 6.30. The van der Waals surface area contributed by atoms with E-state index in [-0.39, 0.29) is 0 Å². The Morgan fingerprint density at radius 3 is 2.67 bits per heavy atom. The predicted octanol–water partition coefficient (Wildman–Crippen LogP) is 2.72. The van der Waals surface area contributed by atoms with E-state index in [0.29, 0.717) is 5.92 Å². The van der Waals surface area contributed by atoms with Gasteiger partial charge < -0.3 is 5.32 Å². The van der Waals surface area contributed by atoms with Crippen molar-refractivity contribution in [2.75, 3.05) is 6.54 Å². The molecule has 1 aliphatic heterocycles. The fraction of sp³-hybridized carbons (Fsp3) is 0.733. The van der Waals surface area contributed by atoms with Crippen molar-refractivity contribution in [3.63, 3.8) is 0 Å². The lowest BCUT2D eigenvalue weighted by Crippen LogP contribution is -2.27. The van der Waals surface area contributed by atoms with E-state index < -0.39 is 0 Å². The van der Waals surface area contributed by atoms with Crippen LogP contribution in [0.3, 0.4) is 0 Å². The summed E-state index contributed by atoms with van der Waals surface area (Å²) in [5, 5.41) is 3.42. The van der Waals surface area contributed by atoms with Crippen molar-refractivity contribution >= 4 is 0 Å². The molecule has 0 saturated heterocycles. The van der Waals surface area contributed by atoms with E-state index >= 15 is 0 Å². The number of hydrogen-bond donors (Lipinski definition) is 1. The van der Waals surface area contributed by atoms with Crippen LogP contribution in [0.4, 0.5) is 0 Å². The first-order valence-corrected chi connectivity index (χ1v) is 7.31. The summed E-state index contributed by atoms with van der Waals surface area (Å²) in [5.41, 5.74) is 3.86. The monoisotopic (exact) mass is 245 g/mol. The summed E-state index contributed by atoms with van der Waals surface area (Å²) in [6, 6.07) is 0. The molecule has 1 N–H and O–H groups in total. The summed E-state index contributed by atoms with van der Waals surface area (Å²) in [4.78, 5) is 9.65. The predicted molar refractivity (Wildman–Crippen MR) is 72.6 cm³/mol. The first-order valence-electron chi connectivity index (χ1n) is 7.31. The van der Waals surface area contributed by atoms with Crippen molar-refractivity contribution in [3.05, 3.63) is 22.8 Å². The lowest BCUT2D eigenvalue weighted by molar-refractivity contribution is 0.338. The molecule has 0 bridgehead atoms. The molecule has 2 aliphatic rings. The van der Waals surface area contributed by atoms with Crippen LogP contribution in [0.25, 0.3) is 0 Å². The molecule has 0 spiro atoms. The van der Waals surface area contributed by atoms with Gasteiger partial charge in [-0.15, -0.1) is 0 Å². The second-order valence-corrected chi connectivity index (χ2v) is 5.98. The van der Waals surface area contributed by atoms with Gasteiger partial charge in [0.2, 0.25) is 0 Å². The van der Waals surface area contributed by atoms with Crippen molar-refractivity contribution in [3.8, 4) is 0 Å². The number of fused-ring (bicyclic) bond motifs is 1. The molecule has 98 valence electrons. The van der Waals surface area contributed by atoms with Gasteiger partial charge in [-0.3, -0.25) is 0 Å². The molecule has 0 atom stereocenters. The molecule has 1 aromatic heterocycles. The Kier molecular flexibility index (Phi) is 3.33. The van der Waals surface area contributed by atoms with Crippen LogP contribution in [0.1, 0.15) is 61.3 Å². The SMILES string of the molecule is Cc1nc(C2CCC(C)CC2)nc2c1CCNC2. The Hall–Kier alpha value is -0.960. The number of nitrogens with one attached hydrogen (secondary N) is 1. The van der Waals surface area contributed by atoms with Gasteiger partial charge in [-0.1, -0.05) is 19.8 Å². The van der Waals surface area contributed by atoms with Gasteiger partial charge in [0.1, 0.15) is 5.82 Å². The zero-order chi connectivity index (χ0) is 12.5. The van der Waals surface area contributed by atoms with Crippen molar-refractivity contribution in [1.29, 1.82) is 0 Å². The molecular weight excluding hydrogens is 222 g/mol. The van der Waals surface area contributed by atoms with E-state index in [2.05, 4.69) is 19.2 Å². The van der Waals surface area contributed by atoms with Crippen molar-refractivity contribution in [2.45, 2.75) is 58.4 Å². The third-order valence-electron chi connectivity index (χ3n) is 4.54. The fourth-order valence-corrected chi connectivity index (χ4v) is 3.27. The fourth-order valence-electron chi connectivity index (χ4n) is 3.27. The molecule has 3 rings (SSSR count). The zero-order valence-electron chi connectivity index (χ0n) is 11.5. The molecule has 0 amide bonds. The average Bonchev–Trinajstić information content (AvgIpc) is 2.39. The topological polar surface area (TPSA) is 37.8 Å². The molecule has 1 aromatic rings. The van der Waals surface area contributed by atoms with E-state index in [9.17, 15) is 0 Å². The Labute approximate surface area is 109 Å². The van der Waals surface area contributed by atoms with E-state index in [1.165, 1.54) is 42.6 Å². The minimum atomic E-state index is 0.604. The molecule has 0 radical (unpaired) electrons. The largest absolute Gasteiger partial charge is 0.311 e. The van der Waals surface area contributed by atoms with Crippen LogP contribution in [0.2, 0.25) is 0 Å². The van der Waals surface area contributed by atoms with Crippen molar-refractivity contribution < 1.29 is 0 Å². The van der Waals surface area contributed by atoms with Crippen molar-refractivity contribution in [1.82, 2.24) is 15.3 Å². The van der Waals surface area contributed by atoms with Crippen LogP contribution in [-0.4, -0.2) is 16.5 Å². The average molecular weight is 245 g/mol. The van der Waals surface area contributed by atoms with Gasteiger partial charge in [-0.25, -0.2) is 9.97 Å². The second kappa shape index (κ2) is 4.96. The zero-order valence-corrected chi connectivity index (χ0v) is 11.5. The first kappa shape index (κ1) is 12.1. The molecule has 2 heterocycles. The van der Waals surface area contributed by atoms with Crippen LogP contribution in [0.15, 0.2) is 0 Å². The van der Waals surface area contributed by atoms with Crippen molar-refractivity contribution in [2.24, 2.45) is 5.92 Å². The molecule has 18 heavy (non-hydrogen) atoms. The summed E-state index contributed by atoms with van der Waals surface area (Å²) in [5.74, 6) is 2.61. The van der Waals surface area contributed by atoms with Gasteiger partial charge in [-0.2, -0.15) is 0 Å². The van der Waals surface area contributed by atoms with E-state index in [1.807, 2.05) is 0 Å². The maximum atomic E-state index is 4.85. The lowest BCUT2D eigenvalue weighted by Gasteiger charge is -2.27. The van der Waals surface area contributed by atoms with Gasteiger partial charge >= 0.3 is 0 Å². The highest BCUT2D eigenvalue weighted by atomic mass is 15.0. The Morgan fingerprint density at radius 1 is 1.11 bits per heavy atom. The summed E-state index contributed by atoms with van der Waals surface area (Å²) in [6.45, 7) is 6.51. The van der Waals surface area contributed by atoms with Gasteiger partial charge in [-0.05, 0) is 44.2 Å². The molecular formula is C15H23N3. The molecule has 1 aliphatic carbocycles. The van der Waals surface area contributed by atoms with Gasteiger partial charge in [0, 0.05) is 18.2 Å². The molecule has 3 nitrogen and oxygen atoms in total. The van der Waals surface area contributed by atoms with Gasteiger partial charge in [0.25, 0.3) is 0 Å². The minimum Gasteiger partial charge on any atom is -0.311 e. The number of aryl methyl sites for hydroxylation is 1. The summed E-state index contributed by atoms with van der Waals surface area (Å²) in [7, 11) is 0. The van der Waals surface area contributed by atoms with Crippen LogP contribution < -0.4 is 5.32 Å². The normalized spacial score (nSPS) is 27.9. The number of nitrogens with zero attached hydrogens (tertiary/aromatic N) is 2. The smallest absolute Gasteiger partial charge is 0.132 e. The van der Waals surface area contributed by atoms with Gasteiger partial charge in [0.05, 0.1) is 5.69 Å². The molecule has 1 fully saturated rings. The molecule has 0 aromatic carbocycles. The standard InChI is InChI=1S/C15H23N3/c1-10-3-5-12(6-4-10)15-17-11(2)13-7-8-16-9-14(13)18-15/h10,12,16H,3-9H2,1-2H3. The van der Waals surface area contributed by atoms with E-state index in [4.69, 9.17) is 9.97 Å². The van der Waals surface area contributed by atoms with E-state index in [1.54, 1.807) is 0 Å². The highest BCUT2D eigenvalue weighted by Crippen LogP contribution is 2.34. The summed E-state index contributed by atoms with van der Waals surface area (Å²) >= 11 is 0. The second-order valence-electron chi connectivity index (χ2n) is 5.98. The lowest BCUT2D eigenvalue weighted by atomic mass is 9.82. The maximum absolute atomic E-state index is 4.85. The maximum Gasteiger partial charge on any atom is 0.132 e.